The lowest BCUT2D eigenvalue weighted by atomic mass is 9.96. The van der Waals surface area contributed by atoms with Crippen molar-refractivity contribution in [1.82, 2.24) is 10.3 Å². The van der Waals surface area contributed by atoms with Crippen molar-refractivity contribution in [2.45, 2.75) is 18.3 Å². The van der Waals surface area contributed by atoms with Crippen LogP contribution >= 0.6 is 27.7 Å². The second-order valence-corrected chi connectivity index (χ2v) is 8.11. The molecule has 0 aliphatic carbocycles. The van der Waals surface area contributed by atoms with Gasteiger partial charge in [-0.2, -0.15) is 5.10 Å². The number of rotatable bonds is 1. The SMILES string of the molecule is O=C1NC2(CS1)Oc1ccc(Br)cc1C1CC(c3ccccc3)=NN12. The van der Waals surface area contributed by atoms with Crippen LogP contribution in [0.2, 0.25) is 0 Å². The first kappa shape index (κ1) is 15.3. The molecule has 2 aromatic carbocycles. The maximum atomic E-state index is 11.9. The quantitative estimate of drug-likeness (QED) is 0.761. The van der Waals surface area contributed by atoms with Gasteiger partial charge in [0.1, 0.15) is 5.75 Å². The zero-order valence-corrected chi connectivity index (χ0v) is 15.5. The Hall–Kier alpha value is -1.99. The van der Waals surface area contributed by atoms with Crippen molar-refractivity contribution in [2.75, 3.05) is 5.75 Å². The van der Waals surface area contributed by atoms with E-state index >= 15 is 0 Å². The number of ether oxygens (including phenoxy) is 1. The molecule has 3 heterocycles. The fourth-order valence-corrected chi connectivity index (χ4v) is 4.77. The smallest absolute Gasteiger partial charge is 0.289 e. The number of fused-ring (bicyclic) bond motifs is 4. The van der Waals surface area contributed by atoms with Crippen LogP contribution in [0.5, 0.6) is 5.75 Å². The summed E-state index contributed by atoms with van der Waals surface area (Å²) in [5.74, 6) is 0.393. The third-order valence-corrected chi connectivity index (χ3v) is 6.09. The molecule has 2 aromatic rings. The molecule has 126 valence electrons. The highest BCUT2D eigenvalue weighted by atomic mass is 79.9. The van der Waals surface area contributed by atoms with E-state index in [-0.39, 0.29) is 11.3 Å². The summed E-state index contributed by atoms with van der Waals surface area (Å²) < 4.78 is 7.25. The summed E-state index contributed by atoms with van der Waals surface area (Å²) in [4.78, 5) is 11.9. The first-order chi connectivity index (χ1) is 12.1. The van der Waals surface area contributed by atoms with Crippen molar-refractivity contribution < 1.29 is 9.53 Å². The molecule has 2 atom stereocenters. The minimum Gasteiger partial charge on any atom is -0.447 e. The number of hydrogen-bond donors (Lipinski definition) is 1. The van der Waals surface area contributed by atoms with Gasteiger partial charge in [-0.25, -0.2) is 5.01 Å². The summed E-state index contributed by atoms with van der Waals surface area (Å²) in [6, 6.07) is 16.2. The Bertz CT molecular complexity index is 904. The average Bonchev–Trinajstić information content (AvgIpc) is 3.22. The molecule has 7 heteroatoms. The molecule has 1 N–H and O–H groups in total. The van der Waals surface area contributed by atoms with E-state index in [4.69, 9.17) is 9.84 Å². The fraction of sp³-hybridized carbons (Fsp3) is 0.222. The number of carbonyl (C=O) groups excluding carboxylic acids is 1. The normalized spacial score (nSPS) is 26.8. The number of hydrazone groups is 1. The topological polar surface area (TPSA) is 53.9 Å². The second kappa shape index (κ2) is 5.51. The number of nitrogens with zero attached hydrogens (tertiary/aromatic N) is 2. The Morgan fingerprint density at radius 2 is 2.12 bits per heavy atom. The predicted molar refractivity (Wildman–Crippen MR) is 101 cm³/mol. The number of benzene rings is 2. The van der Waals surface area contributed by atoms with Crippen molar-refractivity contribution in [3.05, 3.63) is 64.1 Å². The van der Waals surface area contributed by atoms with E-state index in [0.29, 0.717) is 5.75 Å². The highest BCUT2D eigenvalue weighted by molar-refractivity contribution is 9.10. The lowest BCUT2D eigenvalue weighted by Crippen LogP contribution is -2.62. The Morgan fingerprint density at radius 1 is 1.28 bits per heavy atom. The van der Waals surface area contributed by atoms with Gasteiger partial charge >= 0.3 is 0 Å². The number of amides is 1. The van der Waals surface area contributed by atoms with Crippen molar-refractivity contribution >= 4 is 38.6 Å². The van der Waals surface area contributed by atoms with E-state index in [1.54, 1.807) is 0 Å². The van der Waals surface area contributed by atoms with Crippen LogP contribution < -0.4 is 10.1 Å². The van der Waals surface area contributed by atoms with Crippen LogP contribution in [0.4, 0.5) is 4.79 Å². The molecule has 0 radical (unpaired) electrons. The van der Waals surface area contributed by atoms with Crippen LogP contribution in [0.25, 0.3) is 0 Å². The van der Waals surface area contributed by atoms with E-state index in [9.17, 15) is 4.79 Å². The van der Waals surface area contributed by atoms with Gasteiger partial charge in [0.2, 0.25) is 0 Å². The van der Waals surface area contributed by atoms with E-state index in [0.717, 1.165) is 33.5 Å². The number of halogens is 1. The summed E-state index contributed by atoms with van der Waals surface area (Å²) in [5.41, 5.74) is 3.19. The summed E-state index contributed by atoms with van der Waals surface area (Å²) in [6.07, 6.45) is 0.777. The summed E-state index contributed by atoms with van der Waals surface area (Å²) in [5, 5.41) is 9.69. The third-order valence-electron chi connectivity index (χ3n) is 4.69. The lowest BCUT2D eigenvalue weighted by Gasteiger charge is -2.44. The van der Waals surface area contributed by atoms with Gasteiger partial charge in [-0.15, -0.1) is 0 Å². The average molecular weight is 416 g/mol. The largest absolute Gasteiger partial charge is 0.447 e. The summed E-state index contributed by atoms with van der Waals surface area (Å²) in [7, 11) is 0. The molecule has 1 saturated heterocycles. The minimum atomic E-state index is -0.913. The van der Waals surface area contributed by atoms with Gasteiger partial charge < -0.3 is 4.74 Å². The van der Waals surface area contributed by atoms with Gasteiger partial charge in [0, 0.05) is 16.5 Å². The highest BCUT2D eigenvalue weighted by Gasteiger charge is 2.55. The maximum Gasteiger partial charge on any atom is 0.289 e. The molecule has 1 amide bonds. The molecule has 0 aromatic heterocycles. The standard InChI is InChI=1S/C18H14BrN3O2S/c19-12-6-7-16-13(8-12)15-9-14(11-4-2-1-3-5-11)21-22(15)18(24-16)10-25-17(23)20-18/h1-8,15H,9-10H2,(H,20,23). The molecule has 0 saturated carbocycles. The Labute approximate surface area is 157 Å². The zero-order chi connectivity index (χ0) is 17.0. The van der Waals surface area contributed by atoms with Gasteiger partial charge in [-0.1, -0.05) is 58.0 Å². The molecule has 2 unspecified atom stereocenters. The monoisotopic (exact) mass is 415 g/mol. The van der Waals surface area contributed by atoms with Gasteiger partial charge in [0.15, 0.2) is 0 Å². The third kappa shape index (κ3) is 2.37. The van der Waals surface area contributed by atoms with E-state index in [1.165, 1.54) is 11.8 Å². The van der Waals surface area contributed by atoms with Gasteiger partial charge in [-0.05, 0) is 23.8 Å². The maximum absolute atomic E-state index is 11.9. The van der Waals surface area contributed by atoms with E-state index < -0.39 is 5.85 Å². The van der Waals surface area contributed by atoms with Gasteiger partial charge in [-0.3, -0.25) is 10.1 Å². The molecule has 3 aliphatic heterocycles. The molecule has 25 heavy (non-hydrogen) atoms. The van der Waals surface area contributed by atoms with Crippen LogP contribution in [0, 0.1) is 0 Å². The molecular formula is C18H14BrN3O2S. The van der Waals surface area contributed by atoms with Crippen molar-refractivity contribution in [2.24, 2.45) is 5.10 Å². The molecule has 5 nitrogen and oxygen atoms in total. The molecule has 1 spiro atoms. The number of nitrogens with one attached hydrogen (secondary N) is 1. The van der Waals surface area contributed by atoms with E-state index in [2.05, 4.69) is 39.4 Å². The van der Waals surface area contributed by atoms with Crippen LogP contribution in [-0.4, -0.2) is 27.6 Å². The minimum absolute atomic E-state index is 0.0375. The Morgan fingerprint density at radius 3 is 2.88 bits per heavy atom. The van der Waals surface area contributed by atoms with Gasteiger partial charge in [0.25, 0.3) is 11.1 Å². The highest BCUT2D eigenvalue weighted by Crippen LogP contribution is 2.48. The zero-order valence-electron chi connectivity index (χ0n) is 13.1. The Kier molecular flexibility index (Phi) is 3.36. The molecule has 0 bridgehead atoms. The second-order valence-electron chi connectivity index (χ2n) is 6.25. The van der Waals surface area contributed by atoms with Crippen LogP contribution in [0.15, 0.2) is 58.1 Å². The number of hydrogen-bond acceptors (Lipinski definition) is 5. The van der Waals surface area contributed by atoms with Crippen molar-refractivity contribution in [3.8, 4) is 5.75 Å². The van der Waals surface area contributed by atoms with Crippen LogP contribution in [-0.2, 0) is 0 Å². The summed E-state index contributed by atoms with van der Waals surface area (Å²) in [6.45, 7) is 0. The number of carbonyl (C=O) groups is 1. The van der Waals surface area contributed by atoms with Crippen LogP contribution in [0.1, 0.15) is 23.6 Å². The first-order valence-corrected chi connectivity index (χ1v) is 9.78. The molecule has 5 rings (SSSR count). The van der Waals surface area contributed by atoms with Crippen molar-refractivity contribution in [1.29, 1.82) is 0 Å². The molecule has 3 aliphatic rings. The fourth-order valence-electron chi connectivity index (χ4n) is 3.57. The summed E-state index contributed by atoms with van der Waals surface area (Å²) >= 11 is 4.78. The first-order valence-electron chi connectivity index (χ1n) is 8.00. The predicted octanol–water partition coefficient (Wildman–Crippen LogP) is 4.10. The molecule has 1 fully saturated rings. The van der Waals surface area contributed by atoms with Crippen LogP contribution in [0.3, 0.4) is 0 Å². The van der Waals surface area contributed by atoms with E-state index in [1.807, 2.05) is 35.3 Å². The van der Waals surface area contributed by atoms with Crippen molar-refractivity contribution in [3.63, 3.8) is 0 Å². The van der Waals surface area contributed by atoms with Gasteiger partial charge in [0.05, 0.1) is 17.5 Å². The lowest BCUT2D eigenvalue weighted by molar-refractivity contribution is -0.111. The Balaban J connectivity index is 1.63. The molecular weight excluding hydrogens is 402 g/mol. The number of thioether (sulfide) groups is 1.